The molecule has 0 aliphatic carbocycles. The molecule has 120 heavy (non-hydrogen) atoms. The van der Waals surface area contributed by atoms with Crippen LogP contribution in [-0.4, -0.2) is 263 Å². The van der Waals surface area contributed by atoms with Gasteiger partial charge in [0.05, 0.1) is 25.2 Å². The van der Waals surface area contributed by atoms with Crippen molar-refractivity contribution in [1.82, 2.24) is 73.6 Å². The minimum absolute atomic E-state index is 0.0290. The van der Waals surface area contributed by atoms with Gasteiger partial charge in [0.1, 0.15) is 84.3 Å². The van der Waals surface area contributed by atoms with Crippen LogP contribution >= 0.6 is 7.82 Å². The number of rotatable bonds is 50. The highest BCUT2D eigenvalue weighted by Gasteiger charge is 2.44. The van der Waals surface area contributed by atoms with Crippen molar-refractivity contribution in [2.45, 2.75) is 235 Å². The first kappa shape index (κ1) is 100. The number of aliphatic hydroxyl groups excluding tert-OH is 2. The minimum Gasteiger partial charge on any atom is -0.481 e. The zero-order valence-corrected chi connectivity index (χ0v) is 67.7. The van der Waals surface area contributed by atoms with E-state index in [4.69, 9.17) is 28.7 Å². The molecule has 19 amide bonds. The van der Waals surface area contributed by atoms with Crippen LogP contribution in [0.4, 0.5) is 0 Å². The number of carbonyl (C=O) groups excluding carboxylic acids is 19. The summed E-state index contributed by atoms with van der Waals surface area (Å²) in [6.07, 6.45) is -9.82. The third-order valence-electron chi connectivity index (χ3n) is 18.8. The van der Waals surface area contributed by atoms with Gasteiger partial charge in [-0.3, -0.25) is 106 Å². The quantitative estimate of drug-likeness (QED) is 0.0274. The van der Waals surface area contributed by atoms with Gasteiger partial charge in [-0.25, -0.2) is 4.57 Å². The Labute approximate surface area is 687 Å². The predicted molar refractivity (Wildman–Crippen MR) is 416 cm³/mol. The highest BCUT2D eigenvalue weighted by Crippen LogP contribution is 2.37. The Balaban J connectivity index is 1.59. The smallest absolute Gasteiger partial charge is 0.481 e. The predicted octanol–water partition coefficient (Wildman–Crippen LogP) is -8.76. The maximum Gasteiger partial charge on any atom is 0.524 e. The van der Waals surface area contributed by atoms with Crippen molar-refractivity contribution in [3.8, 4) is 5.75 Å². The van der Waals surface area contributed by atoms with Gasteiger partial charge in [0.15, 0.2) is 0 Å². The summed E-state index contributed by atoms with van der Waals surface area (Å²) in [4.78, 5) is 289. The average Bonchev–Trinajstić information content (AvgIpc) is 1.65. The zero-order valence-electron chi connectivity index (χ0n) is 66.8. The maximum atomic E-state index is 14.9. The largest absolute Gasteiger partial charge is 0.524 e. The highest BCUT2D eigenvalue weighted by atomic mass is 31.2. The van der Waals surface area contributed by atoms with E-state index in [9.17, 15) is 126 Å². The van der Waals surface area contributed by atoms with Crippen LogP contribution in [0.3, 0.4) is 0 Å². The number of carboxylic acids is 1. The highest BCUT2D eigenvalue weighted by molar-refractivity contribution is 7.46. The third-order valence-corrected chi connectivity index (χ3v) is 19.2. The fraction of sp³-hybridized carbons (Fsp3) is 0.562. The van der Waals surface area contributed by atoms with Gasteiger partial charge < -0.3 is 122 Å². The lowest BCUT2D eigenvalue weighted by atomic mass is 10.0. The molecule has 2 saturated heterocycles. The molecule has 46 nitrogen and oxygen atoms in total. The summed E-state index contributed by atoms with van der Waals surface area (Å²) in [6.45, 7) is 6.55. The number of phosphoric ester groups is 1. The number of amides is 19. The number of hydrogen-bond donors (Lipinski definition) is 22. The Kier molecular flexibility index (Phi) is 40.0. The molecule has 0 unspecified atom stereocenters. The van der Waals surface area contributed by atoms with Crippen LogP contribution in [0.1, 0.15) is 143 Å². The Hall–Kier alpha value is -12.3. The van der Waals surface area contributed by atoms with Crippen LogP contribution in [0.25, 0.3) is 0 Å². The molecule has 2 aromatic carbocycles. The second-order valence-electron chi connectivity index (χ2n) is 29.3. The molecule has 0 aromatic heterocycles. The second-order valence-corrected chi connectivity index (χ2v) is 30.5. The Morgan fingerprint density at radius 1 is 0.458 bits per heavy atom. The van der Waals surface area contributed by atoms with Gasteiger partial charge in [-0.05, 0) is 108 Å². The second kappa shape index (κ2) is 47.9. The number of likely N-dealkylation sites (tertiary alicyclic amines) is 2. The van der Waals surface area contributed by atoms with E-state index in [2.05, 4.69) is 68.3 Å². The van der Waals surface area contributed by atoms with Gasteiger partial charge in [0.25, 0.3) is 0 Å². The monoisotopic (exact) mass is 1710 g/mol. The van der Waals surface area contributed by atoms with Crippen molar-refractivity contribution < 1.29 is 130 Å². The molecule has 0 bridgehead atoms. The van der Waals surface area contributed by atoms with Crippen LogP contribution in [0, 0.1) is 5.92 Å². The number of hydrogen-bond acceptors (Lipinski definition) is 24. The average molecular weight is 1710 g/mol. The normalized spacial score (nSPS) is 17.0. The number of primary amides is 5. The Bertz CT molecular complexity index is 4110. The van der Waals surface area contributed by atoms with Gasteiger partial charge >= 0.3 is 13.8 Å². The molecule has 4 rings (SSSR count). The van der Waals surface area contributed by atoms with Crippen LogP contribution in [0.5, 0.6) is 5.75 Å². The van der Waals surface area contributed by atoms with E-state index in [1.165, 1.54) is 12.1 Å². The van der Waals surface area contributed by atoms with Crippen molar-refractivity contribution in [1.29, 1.82) is 0 Å². The van der Waals surface area contributed by atoms with Crippen molar-refractivity contribution in [3.63, 3.8) is 0 Å². The molecule has 2 fully saturated rings. The third kappa shape index (κ3) is 34.3. The molecule has 2 heterocycles. The summed E-state index contributed by atoms with van der Waals surface area (Å²) >= 11 is 0. The van der Waals surface area contributed by atoms with E-state index in [1.54, 1.807) is 44.2 Å². The van der Waals surface area contributed by atoms with Gasteiger partial charge in [-0.1, -0.05) is 56.3 Å². The Morgan fingerprint density at radius 3 is 1.33 bits per heavy atom. The molecule has 15 atom stereocenters. The molecule has 2 aromatic rings. The number of benzene rings is 2. The number of aliphatic carboxylic acids is 1. The van der Waals surface area contributed by atoms with E-state index in [-0.39, 0.29) is 68.8 Å². The first-order valence-electron chi connectivity index (χ1n) is 38.2. The van der Waals surface area contributed by atoms with E-state index < -0.39 is 288 Å². The molecule has 0 radical (unpaired) electrons. The summed E-state index contributed by atoms with van der Waals surface area (Å²) in [6, 6.07) is -8.57. The summed E-state index contributed by atoms with van der Waals surface area (Å²) in [5.41, 5.74) is 27.9. The lowest BCUT2D eigenvalue weighted by Crippen LogP contribution is -2.62. The summed E-state index contributed by atoms with van der Waals surface area (Å²) in [5.74, 6) is -22.1. The lowest BCUT2D eigenvalue weighted by Gasteiger charge is -2.31. The number of carbonyl (C=O) groups is 20. The molecule has 2 aliphatic rings. The van der Waals surface area contributed by atoms with E-state index >= 15 is 0 Å². The molecular weight excluding hydrogens is 1610 g/mol. The summed E-state index contributed by atoms with van der Waals surface area (Å²) in [7, 11) is -5.14. The molecule has 0 spiro atoms. The summed E-state index contributed by atoms with van der Waals surface area (Å²) < 4.78 is 16.3. The number of nitrogens with two attached hydrogens (primary N) is 5. The SMILES string of the molecule is CC(=O)N[C@@H](Cc1ccccc1)C(=O)N[C@H](C(=O)N[C@@H](C)C(=O)N[C@H](C(=O)N[C@@H](CCC(=O)O)C(=O)N1CCC[C@H]1C(=O)N[C@@H](CCC(N)=O)C(=O)N[C@@H](Cc1ccc(OP(=O)(O)O)cc1)C(=O)N[C@@H](CCC(N)=O)C(=O)N1CCC[C@H]1C(=O)NCC(=O)N[C@@H](CCC(N)=O)C(=O)N[C@@H](CC(N)=O)C(=O)N[C@@H](CC(C)C)C(N)=O)[C@@H](C)O)[C@@H](C)O. The topological polar surface area (TPSA) is 750 Å². The fourth-order valence-corrected chi connectivity index (χ4v) is 13.1. The van der Waals surface area contributed by atoms with Crippen LogP contribution in [0.2, 0.25) is 0 Å². The zero-order chi connectivity index (χ0) is 90.2. The molecule has 27 N–H and O–H groups in total. The summed E-state index contributed by atoms with van der Waals surface area (Å²) in [5, 5.41) is 59.5. The number of phosphoric acid groups is 1. The van der Waals surface area contributed by atoms with E-state index in [0.29, 0.717) is 5.56 Å². The molecule has 2 aliphatic heterocycles. The van der Waals surface area contributed by atoms with Gasteiger partial charge in [0.2, 0.25) is 112 Å². The van der Waals surface area contributed by atoms with E-state index in [1.807, 2.05) is 0 Å². The first-order valence-corrected chi connectivity index (χ1v) is 39.7. The van der Waals surface area contributed by atoms with E-state index in [0.717, 1.165) is 49.6 Å². The van der Waals surface area contributed by atoms with Crippen LogP contribution in [0.15, 0.2) is 54.6 Å². The van der Waals surface area contributed by atoms with Crippen molar-refractivity contribution in [2.24, 2.45) is 34.6 Å². The van der Waals surface area contributed by atoms with Crippen molar-refractivity contribution in [3.05, 3.63) is 65.7 Å². The molecular formula is C73H108N19O27P. The molecule has 0 saturated carbocycles. The molecule has 662 valence electrons. The minimum atomic E-state index is -5.14. The number of nitrogens with zero attached hydrogens (tertiary/aromatic N) is 2. The van der Waals surface area contributed by atoms with Crippen LogP contribution < -0.4 is 97.0 Å². The Morgan fingerprint density at radius 2 is 0.867 bits per heavy atom. The van der Waals surface area contributed by atoms with Crippen LogP contribution in [-0.2, 0) is 113 Å². The number of nitrogens with one attached hydrogen (secondary N) is 12. The maximum absolute atomic E-state index is 14.9. The van der Waals surface area contributed by atoms with Crippen molar-refractivity contribution in [2.75, 3.05) is 19.6 Å². The van der Waals surface area contributed by atoms with Gasteiger partial charge in [-0.15, -0.1) is 0 Å². The lowest BCUT2D eigenvalue weighted by molar-refractivity contribution is -0.144. The van der Waals surface area contributed by atoms with Gasteiger partial charge in [-0.2, -0.15) is 0 Å². The first-order chi connectivity index (χ1) is 56.1. The number of carboxylic acid groups (broad SMARTS) is 1. The van der Waals surface area contributed by atoms with Crippen molar-refractivity contribution >= 4 is 126 Å². The number of aliphatic hydroxyl groups is 2. The van der Waals surface area contributed by atoms with Gasteiger partial charge in [0, 0.05) is 58.5 Å². The fourth-order valence-electron chi connectivity index (χ4n) is 12.7. The standard InChI is InChI=1S/C73H108N19O27P/c1-35(2)30-47(61(78)103)86-66(108)50(33-56(77)99)88-63(105)43(20-24-53(74)96)82-57(100)34-79-68(110)51-14-10-28-91(51)72(114)45(22-26-55(76)98)84-65(107)49(32-41-16-18-42(19-17-41)119-120(116,117)118)87-64(106)44(21-25-54(75)97)83-69(111)52-15-11-29-92(52)73(115)46(23-27-58(101)102)85-71(113)60(38(5)94)89-62(104)36(3)80-70(112)59(37(4)93)90-67(109)48(81-39(6)95)31-40-12-8-7-9-13-40/h7-9,12-13,16-19,35-38,43-52,59-60,93-94H,10-11,14-15,20-34H2,1-6H3,(H2,74,96)(H2,75,97)(H2,76,98)(H2,77,99)(H2,78,103)(H,79,110)(H,80,112)(H,81,95)(H,82,100)(H,83,111)(H,84,107)(H,85,113)(H,86,108)(H,87,106)(H,88,105)(H,89,104)(H,90,109)(H,101,102)(H2,116,117,118)/t36-,37+,38+,43-,44-,45-,46-,47-,48-,49-,50-,51-,52-,59-,60-/m0/s1. The molecule has 47 heteroatoms.